The predicted octanol–water partition coefficient (Wildman–Crippen LogP) is 5.21. The Morgan fingerprint density at radius 1 is 0.975 bits per heavy atom. The zero-order valence-electron chi connectivity index (χ0n) is 22.1. The SMILES string of the molecule is COc1cn(C(Cc2ccccc2)C(=O)Nc2ccc(S(C)(=O)=O)cc2)c(=O)cc1-c1cc(Cl)ccc1C(C)=O. The number of nitrogens with one attached hydrogen (secondary N) is 1. The van der Waals surface area contributed by atoms with E-state index in [1.165, 1.54) is 55.1 Å². The third-order valence-electron chi connectivity index (χ3n) is 6.38. The smallest absolute Gasteiger partial charge is 0.252 e. The van der Waals surface area contributed by atoms with E-state index in [2.05, 4.69) is 5.32 Å². The molecule has 0 aliphatic rings. The van der Waals surface area contributed by atoms with Crippen LogP contribution in [-0.2, 0) is 21.1 Å². The molecule has 8 nitrogen and oxygen atoms in total. The molecular formula is C30H27ClN2O6S. The Morgan fingerprint density at radius 2 is 1.65 bits per heavy atom. The molecule has 10 heteroatoms. The van der Waals surface area contributed by atoms with Crippen molar-refractivity contribution in [2.45, 2.75) is 24.3 Å². The fourth-order valence-corrected chi connectivity index (χ4v) is 5.16. The Hall–Kier alpha value is -4.21. The summed E-state index contributed by atoms with van der Waals surface area (Å²) in [6.07, 6.45) is 2.73. The lowest BCUT2D eigenvalue weighted by Crippen LogP contribution is -2.34. The standard InChI is InChI=1S/C30H27ClN2O6S/c1-19(34)24-14-9-21(31)16-25(24)26-17-29(35)33(18-28(26)39-2)27(15-20-7-5-4-6-8-20)30(36)32-22-10-12-23(13-11-22)40(3,37)38/h4-14,16-18,27H,15H2,1-3H3,(H,32,36). The number of Topliss-reactive ketones (excluding diaryl/α,β-unsaturated/α-hetero) is 1. The summed E-state index contributed by atoms with van der Waals surface area (Å²) in [7, 11) is -1.97. The van der Waals surface area contributed by atoms with Gasteiger partial charge in [-0.15, -0.1) is 0 Å². The third-order valence-corrected chi connectivity index (χ3v) is 7.74. The minimum Gasteiger partial charge on any atom is -0.495 e. The van der Waals surface area contributed by atoms with E-state index in [1.54, 1.807) is 18.2 Å². The number of rotatable bonds is 9. The number of anilines is 1. The minimum absolute atomic E-state index is 0.119. The van der Waals surface area contributed by atoms with E-state index in [9.17, 15) is 22.8 Å². The Bertz CT molecular complexity index is 1730. The second kappa shape index (κ2) is 11.9. The molecule has 1 unspecified atom stereocenters. The zero-order valence-corrected chi connectivity index (χ0v) is 23.6. The number of amides is 1. The molecule has 0 aliphatic carbocycles. The lowest BCUT2D eigenvalue weighted by atomic mass is 9.97. The number of ketones is 1. The quantitative estimate of drug-likeness (QED) is 0.273. The average molecular weight is 579 g/mol. The molecule has 0 radical (unpaired) electrons. The molecule has 4 aromatic rings. The average Bonchev–Trinajstić information content (AvgIpc) is 2.92. The number of hydrogen-bond donors (Lipinski definition) is 1. The summed E-state index contributed by atoms with van der Waals surface area (Å²) in [5, 5.41) is 3.17. The van der Waals surface area contributed by atoms with Gasteiger partial charge in [0.15, 0.2) is 15.6 Å². The van der Waals surface area contributed by atoms with Gasteiger partial charge >= 0.3 is 0 Å². The van der Waals surface area contributed by atoms with E-state index < -0.39 is 27.3 Å². The van der Waals surface area contributed by atoms with Crippen molar-refractivity contribution >= 4 is 38.8 Å². The van der Waals surface area contributed by atoms with Crippen molar-refractivity contribution in [1.29, 1.82) is 0 Å². The van der Waals surface area contributed by atoms with Crippen LogP contribution in [0.5, 0.6) is 5.75 Å². The van der Waals surface area contributed by atoms with Crippen molar-refractivity contribution in [2.75, 3.05) is 18.7 Å². The van der Waals surface area contributed by atoms with Gasteiger partial charge in [-0.3, -0.25) is 19.0 Å². The lowest BCUT2D eigenvalue weighted by molar-refractivity contribution is -0.119. The maximum Gasteiger partial charge on any atom is 0.252 e. The number of methoxy groups -OCH3 is 1. The number of aromatic nitrogens is 1. The molecule has 1 heterocycles. The van der Waals surface area contributed by atoms with Crippen LogP contribution in [0.2, 0.25) is 5.02 Å². The summed E-state index contributed by atoms with van der Waals surface area (Å²) in [5.41, 5.74) is 1.88. The summed E-state index contributed by atoms with van der Waals surface area (Å²) < 4.78 is 30.5. The van der Waals surface area contributed by atoms with Crippen LogP contribution in [0.1, 0.15) is 28.9 Å². The molecule has 1 amide bonds. The normalized spacial score (nSPS) is 12.0. The van der Waals surface area contributed by atoms with Crippen LogP contribution < -0.4 is 15.6 Å². The van der Waals surface area contributed by atoms with E-state index in [0.717, 1.165) is 11.8 Å². The fraction of sp³-hybridized carbons (Fsp3) is 0.167. The van der Waals surface area contributed by atoms with Crippen LogP contribution in [0.15, 0.2) is 94.7 Å². The maximum absolute atomic E-state index is 13.6. The molecule has 1 atom stereocenters. The largest absolute Gasteiger partial charge is 0.495 e. The number of carbonyl (C=O) groups is 2. The fourth-order valence-electron chi connectivity index (χ4n) is 4.36. The highest BCUT2D eigenvalue weighted by Crippen LogP contribution is 2.34. The molecule has 0 spiro atoms. The molecule has 0 aliphatic heterocycles. The first-order chi connectivity index (χ1) is 19.0. The number of pyridine rings is 1. The third kappa shape index (κ3) is 6.50. The molecule has 0 fully saturated rings. The number of ether oxygens (including phenoxy) is 1. The van der Waals surface area contributed by atoms with Gasteiger partial charge in [0.25, 0.3) is 5.56 Å². The van der Waals surface area contributed by atoms with Crippen molar-refractivity contribution < 1.29 is 22.7 Å². The first-order valence-corrected chi connectivity index (χ1v) is 14.5. The lowest BCUT2D eigenvalue weighted by Gasteiger charge is -2.22. The summed E-state index contributed by atoms with van der Waals surface area (Å²) in [4.78, 5) is 39.6. The van der Waals surface area contributed by atoms with Crippen LogP contribution >= 0.6 is 11.6 Å². The molecule has 206 valence electrons. The van der Waals surface area contributed by atoms with E-state index in [4.69, 9.17) is 16.3 Å². The van der Waals surface area contributed by atoms with Gasteiger partial charge in [0.1, 0.15) is 11.8 Å². The molecule has 0 saturated heterocycles. The van der Waals surface area contributed by atoms with Gasteiger partial charge in [0.2, 0.25) is 5.91 Å². The summed E-state index contributed by atoms with van der Waals surface area (Å²) in [6.45, 7) is 1.42. The molecule has 0 bridgehead atoms. The summed E-state index contributed by atoms with van der Waals surface area (Å²) in [6, 6.07) is 20.1. The Labute approximate surface area is 237 Å². The maximum atomic E-state index is 13.6. The Kier molecular flexibility index (Phi) is 8.56. The topological polar surface area (TPSA) is 112 Å². The summed E-state index contributed by atoms with van der Waals surface area (Å²) >= 11 is 6.21. The van der Waals surface area contributed by atoms with Crippen molar-refractivity contribution in [3.63, 3.8) is 0 Å². The molecule has 0 saturated carbocycles. The first kappa shape index (κ1) is 28.8. The highest BCUT2D eigenvalue weighted by molar-refractivity contribution is 7.90. The van der Waals surface area contributed by atoms with Crippen LogP contribution in [0.4, 0.5) is 5.69 Å². The number of nitrogens with zero attached hydrogens (tertiary/aromatic N) is 1. The molecule has 1 N–H and O–H groups in total. The number of sulfone groups is 1. The van der Waals surface area contributed by atoms with Crippen LogP contribution in [-0.4, -0.2) is 38.0 Å². The Morgan fingerprint density at radius 3 is 2.25 bits per heavy atom. The van der Waals surface area contributed by atoms with Crippen LogP contribution in [0, 0.1) is 0 Å². The van der Waals surface area contributed by atoms with E-state index >= 15 is 0 Å². The van der Waals surface area contributed by atoms with Crippen molar-refractivity contribution in [2.24, 2.45) is 0 Å². The van der Waals surface area contributed by atoms with Crippen LogP contribution in [0.25, 0.3) is 11.1 Å². The first-order valence-electron chi connectivity index (χ1n) is 12.2. The molecular weight excluding hydrogens is 552 g/mol. The Balaban J connectivity index is 1.79. The monoisotopic (exact) mass is 578 g/mol. The van der Waals surface area contributed by atoms with Gasteiger partial charge < -0.3 is 10.1 Å². The second-order valence-corrected chi connectivity index (χ2v) is 11.7. The van der Waals surface area contributed by atoms with E-state index in [-0.39, 0.29) is 22.8 Å². The highest BCUT2D eigenvalue weighted by Gasteiger charge is 2.25. The number of benzene rings is 3. The van der Waals surface area contributed by atoms with E-state index in [1.807, 2.05) is 30.3 Å². The minimum atomic E-state index is -3.40. The van der Waals surface area contributed by atoms with Crippen molar-refractivity contribution in [3.05, 3.63) is 112 Å². The van der Waals surface area contributed by atoms with Gasteiger partial charge in [-0.05, 0) is 60.5 Å². The molecule has 3 aromatic carbocycles. The van der Waals surface area contributed by atoms with Gasteiger partial charge in [-0.2, -0.15) is 0 Å². The van der Waals surface area contributed by atoms with Crippen molar-refractivity contribution in [3.8, 4) is 16.9 Å². The highest BCUT2D eigenvalue weighted by atomic mass is 35.5. The second-order valence-electron chi connectivity index (χ2n) is 9.24. The number of halogens is 1. The molecule has 40 heavy (non-hydrogen) atoms. The molecule has 1 aromatic heterocycles. The number of hydrogen-bond acceptors (Lipinski definition) is 6. The zero-order chi connectivity index (χ0) is 29.0. The van der Waals surface area contributed by atoms with Gasteiger partial charge in [-0.1, -0.05) is 41.9 Å². The molecule has 4 rings (SSSR count). The van der Waals surface area contributed by atoms with E-state index in [0.29, 0.717) is 27.4 Å². The van der Waals surface area contributed by atoms with Gasteiger partial charge in [0.05, 0.1) is 18.2 Å². The predicted molar refractivity (Wildman–Crippen MR) is 155 cm³/mol. The van der Waals surface area contributed by atoms with Crippen LogP contribution in [0.3, 0.4) is 0 Å². The number of carbonyl (C=O) groups excluding carboxylic acids is 2. The van der Waals surface area contributed by atoms with Crippen molar-refractivity contribution in [1.82, 2.24) is 4.57 Å². The summed E-state index contributed by atoms with van der Waals surface area (Å²) in [5.74, 6) is -0.422. The van der Waals surface area contributed by atoms with Gasteiger partial charge in [0, 0.05) is 40.6 Å². The van der Waals surface area contributed by atoms with Gasteiger partial charge in [-0.25, -0.2) is 8.42 Å².